The largest absolute Gasteiger partial charge is 0.490 e. The molecule has 57 heavy (non-hydrogen) atoms. The van der Waals surface area contributed by atoms with Crippen LogP contribution in [-0.4, -0.2) is 102 Å². The van der Waals surface area contributed by atoms with Gasteiger partial charge in [0.05, 0.1) is 33.4 Å². The Bertz CT molecular complexity index is 2100. The number of nitrogens with one attached hydrogen (secondary N) is 2. The minimum atomic E-state index is -0.814. The molecule has 1 atom stereocenters. The third-order valence-electron chi connectivity index (χ3n) is 12.1. The Morgan fingerprint density at radius 2 is 1.65 bits per heavy atom. The van der Waals surface area contributed by atoms with E-state index in [4.69, 9.17) is 21.6 Å². The Morgan fingerprint density at radius 3 is 2.33 bits per heavy atom. The molecule has 1 saturated carbocycles. The summed E-state index contributed by atoms with van der Waals surface area (Å²) in [5.41, 5.74) is 3.23. The van der Waals surface area contributed by atoms with Gasteiger partial charge in [-0.2, -0.15) is 5.26 Å². The lowest BCUT2D eigenvalue weighted by Crippen LogP contribution is -2.51. The normalized spacial score (nSPS) is 23.2. The molecule has 1 aliphatic carbocycles. The van der Waals surface area contributed by atoms with Crippen LogP contribution in [0, 0.1) is 17.2 Å². The highest BCUT2D eigenvalue weighted by molar-refractivity contribution is 6.31. The van der Waals surface area contributed by atoms with Crippen LogP contribution in [0.1, 0.15) is 88.0 Å². The molecule has 1 aromatic heterocycles. The summed E-state index contributed by atoms with van der Waals surface area (Å²) in [5, 5.41) is 15.3. The maximum absolute atomic E-state index is 13.4. The van der Waals surface area contributed by atoms with Crippen LogP contribution in [0.25, 0.3) is 0 Å². The summed E-state index contributed by atoms with van der Waals surface area (Å²) in [6.07, 6.45) is 8.04. The van der Waals surface area contributed by atoms with Crippen LogP contribution in [0.4, 0.5) is 11.5 Å². The number of allylic oxidation sites excluding steroid dienone is 1. The number of ether oxygens (including phenoxy) is 1. The Labute approximate surface area is 337 Å². The molecule has 0 spiro atoms. The van der Waals surface area contributed by atoms with Crippen molar-refractivity contribution in [1.29, 1.82) is 5.26 Å². The highest BCUT2D eigenvalue weighted by Gasteiger charge is 2.44. The van der Waals surface area contributed by atoms with Crippen molar-refractivity contribution in [2.24, 2.45) is 5.92 Å². The Hall–Kier alpha value is -5.45. The molecule has 1 unspecified atom stereocenters. The fraction of sp³-hybridized carbons (Fsp3) is 0.442. The van der Waals surface area contributed by atoms with E-state index < -0.39 is 17.9 Å². The van der Waals surface area contributed by atoms with Gasteiger partial charge in [0.1, 0.15) is 23.7 Å². The number of carbonyl (C=O) groups is 4. The van der Waals surface area contributed by atoms with Crippen LogP contribution in [0.15, 0.2) is 67.0 Å². The number of nitrogens with zero attached hydrogens (tertiary/aromatic N) is 6. The molecule has 5 heterocycles. The molecule has 4 fully saturated rings. The second kappa shape index (κ2) is 16.6. The number of amides is 4. The predicted octanol–water partition coefficient (Wildman–Crippen LogP) is 5.15. The number of halogens is 1. The van der Waals surface area contributed by atoms with Gasteiger partial charge in [0.25, 0.3) is 17.7 Å². The number of aromatic nitrogens is 1. The lowest BCUT2D eigenvalue weighted by Gasteiger charge is -2.40. The Morgan fingerprint density at radius 1 is 0.895 bits per heavy atom. The van der Waals surface area contributed by atoms with Crippen molar-refractivity contribution in [1.82, 2.24) is 25.4 Å². The topological polar surface area (TPSA) is 151 Å². The monoisotopic (exact) mass is 790 g/mol. The fourth-order valence-electron chi connectivity index (χ4n) is 8.79. The molecule has 296 valence electrons. The number of pyridine rings is 1. The SMILES string of the molecule is C=C1CCC(N2C(=O)c3ccc(N4CCN(CC5CCN(c6ccc(C(=O)NC7CCC(Oc8ccc(C#N)c(Cl)c8)CC7)cn6)CC5)CC4)cc3C2=O)C(=O)N1. The van der Waals surface area contributed by atoms with Crippen molar-refractivity contribution in [2.75, 3.05) is 55.6 Å². The zero-order valence-corrected chi connectivity index (χ0v) is 32.7. The standard InChI is InChI=1S/C43H47ClN8O5/c1-27-2-12-38(41(54)47-27)52-42(55)35-11-7-32(22-36(35)43(52)56)50-20-18-49(19-21-50)26-28-14-16-51(17-15-28)39-13-4-30(25-46-39)40(53)48-31-5-9-33(10-6-31)57-34-8-3-29(24-45)37(44)23-34/h3-4,7-8,11,13,22-23,25,28,31,33,38H,1-2,5-6,9-10,12,14-21,26H2,(H,47,54)(H,48,53). The van der Waals surface area contributed by atoms with E-state index in [9.17, 15) is 19.2 Å². The van der Waals surface area contributed by atoms with Gasteiger partial charge < -0.3 is 25.2 Å². The number of fused-ring (bicyclic) bond motifs is 1. The lowest BCUT2D eigenvalue weighted by atomic mass is 9.92. The second-order valence-electron chi connectivity index (χ2n) is 15.8. The smallest absolute Gasteiger partial charge is 0.262 e. The number of imide groups is 1. The first-order valence-electron chi connectivity index (χ1n) is 20.0. The van der Waals surface area contributed by atoms with E-state index in [1.807, 2.05) is 24.3 Å². The van der Waals surface area contributed by atoms with Gasteiger partial charge in [0, 0.05) is 75.5 Å². The first-order chi connectivity index (χ1) is 27.6. The molecule has 2 N–H and O–H groups in total. The minimum absolute atomic E-state index is 0.0387. The summed E-state index contributed by atoms with van der Waals surface area (Å²) in [6.45, 7) is 10.1. The number of anilines is 2. The van der Waals surface area contributed by atoms with Gasteiger partial charge in [-0.05, 0) is 99.7 Å². The Kier molecular flexibility index (Phi) is 11.2. The van der Waals surface area contributed by atoms with E-state index in [1.54, 1.807) is 30.5 Å². The summed E-state index contributed by atoms with van der Waals surface area (Å²) < 4.78 is 6.09. The van der Waals surface area contributed by atoms with Crippen molar-refractivity contribution >= 4 is 46.7 Å². The van der Waals surface area contributed by atoms with Crippen molar-refractivity contribution < 1.29 is 23.9 Å². The van der Waals surface area contributed by atoms with Crippen LogP contribution in [-0.2, 0) is 4.79 Å². The maximum Gasteiger partial charge on any atom is 0.262 e. The fourth-order valence-corrected chi connectivity index (χ4v) is 9.00. The molecule has 0 bridgehead atoms. The predicted molar refractivity (Wildman–Crippen MR) is 215 cm³/mol. The van der Waals surface area contributed by atoms with Crippen molar-refractivity contribution in [3.8, 4) is 11.8 Å². The van der Waals surface area contributed by atoms with Gasteiger partial charge in [-0.1, -0.05) is 18.2 Å². The van der Waals surface area contributed by atoms with Crippen molar-refractivity contribution in [2.45, 2.75) is 69.6 Å². The zero-order valence-electron chi connectivity index (χ0n) is 31.9. The summed E-state index contributed by atoms with van der Waals surface area (Å²) in [5.74, 6) is 0.847. The quantitative estimate of drug-likeness (QED) is 0.279. The molecule has 14 heteroatoms. The number of hydrogen-bond acceptors (Lipinski definition) is 10. The maximum atomic E-state index is 13.4. The number of hydrogen-bond donors (Lipinski definition) is 2. The van der Waals surface area contributed by atoms with E-state index in [0.29, 0.717) is 57.5 Å². The number of carbonyl (C=O) groups excluding carboxylic acids is 4. The second-order valence-corrected chi connectivity index (χ2v) is 16.2. The van der Waals surface area contributed by atoms with Crippen LogP contribution in [0.2, 0.25) is 5.02 Å². The van der Waals surface area contributed by atoms with Crippen molar-refractivity contribution in [3.05, 3.63) is 94.3 Å². The van der Waals surface area contributed by atoms with E-state index >= 15 is 0 Å². The van der Waals surface area contributed by atoms with Crippen LogP contribution >= 0.6 is 11.6 Å². The Balaban J connectivity index is 0.753. The molecule has 2 aromatic carbocycles. The average Bonchev–Trinajstić information content (AvgIpc) is 3.47. The first-order valence-corrected chi connectivity index (χ1v) is 20.4. The molecule has 4 aliphatic heterocycles. The van der Waals surface area contributed by atoms with Gasteiger partial charge in [0.2, 0.25) is 5.91 Å². The molecule has 5 aliphatic rings. The molecular weight excluding hydrogens is 744 g/mol. The highest BCUT2D eigenvalue weighted by Crippen LogP contribution is 2.33. The van der Waals surface area contributed by atoms with E-state index in [0.717, 1.165) is 101 Å². The molecule has 3 aromatic rings. The molecule has 0 radical (unpaired) electrons. The van der Waals surface area contributed by atoms with Gasteiger partial charge >= 0.3 is 0 Å². The van der Waals surface area contributed by atoms with E-state index in [-0.39, 0.29) is 24.0 Å². The van der Waals surface area contributed by atoms with Crippen LogP contribution in [0.5, 0.6) is 5.75 Å². The number of benzene rings is 2. The highest BCUT2D eigenvalue weighted by atomic mass is 35.5. The van der Waals surface area contributed by atoms with Gasteiger partial charge in [-0.3, -0.25) is 29.0 Å². The third-order valence-corrected chi connectivity index (χ3v) is 12.4. The first kappa shape index (κ1) is 38.4. The summed E-state index contributed by atoms with van der Waals surface area (Å²) in [6, 6.07) is 15.7. The zero-order chi connectivity index (χ0) is 39.6. The number of piperidine rings is 2. The number of rotatable bonds is 9. The van der Waals surface area contributed by atoms with E-state index in [2.05, 4.69) is 43.0 Å². The number of piperazine rings is 1. The van der Waals surface area contributed by atoms with Gasteiger partial charge in [0.15, 0.2) is 0 Å². The van der Waals surface area contributed by atoms with Crippen LogP contribution in [0.3, 0.4) is 0 Å². The molecule has 3 saturated heterocycles. The molecule has 8 rings (SSSR count). The van der Waals surface area contributed by atoms with Crippen LogP contribution < -0.4 is 25.2 Å². The number of nitriles is 1. The third kappa shape index (κ3) is 8.34. The van der Waals surface area contributed by atoms with Gasteiger partial charge in [-0.25, -0.2) is 4.98 Å². The molecule has 4 amide bonds. The van der Waals surface area contributed by atoms with Crippen molar-refractivity contribution in [3.63, 3.8) is 0 Å². The summed E-state index contributed by atoms with van der Waals surface area (Å²) in [7, 11) is 0. The van der Waals surface area contributed by atoms with E-state index in [1.165, 1.54) is 0 Å². The average molecular weight is 791 g/mol. The molecule has 13 nitrogen and oxygen atoms in total. The molecular formula is C43H47ClN8O5. The summed E-state index contributed by atoms with van der Waals surface area (Å²) in [4.78, 5) is 65.1. The summed E-state index contributed by atoms with van der Waals surface area (Å²) >= 11 is 6.15. The lowest BCUT2D eigenvalue weighted by molar-refractivity contribution is -0.125. The minimum Gasteiger partial charge on any atom is -0.490 e. The van der Waals surface area contributed by atoms with Gasteiger partial charge in [-0.15, -0.1) is 0 Å².